The molecule has 0 unspecified atom stereocenters. The molecule has 0 bridgehead atoms. The Bertz CT molecular complexity index is 1800. The van der Waals surface area contributed by atoms with Gasteiger partial charge in [0.2, 0.25) is 11.8 Å². The van der Waals surface area contributed by atoms with Crippen LogP contribution in [0.2, 0.25) is 0 Å². The SMILES string of the molecule is CC(=O)NCCCCn1cnc2c(N)nc3cccnc3c21.CC(=O)NCCCCn1cnc2c(N)nc3cccnc3c21.[W]. The van der Waals surface area contributed by atoms with E-state index in [0.717, 1.165) is 71.9 Å². The second-order valence-electron chi connectivity index (χ2n) is 10.4. The summed E-state index contributed by atoms with van der Waals surface area (Å²) < 4.78 is 4.10. The Balaban J connectivity index is 0.000000200. The molecule has 6 aromatic heterocycles. The summed E-state index contributed by atoms with van der Waals surface area (Å²) in [5, 5.41) is 5.59. The molecule has 0 radical (unpaired) electrons. The van der Waals surface area contributed by atoms with E-state index in [1.165, 1.54) is 13.8 Å². The van der Waals surface area contributed by atoms with Gasteiger partial charge in [-0.3, -0.25) is 19.6 Å². The minimum Gasteiger partial charge on any atom is -0.382 e. The van der Waals surface area contributed by atoms with Crippen molar-refractivity contribution in [1.29, 1.82) is 0 Å². The summed E-state index contributed by atoms with van der Waals surface area (Å²) >= 11 is 0. The Kier molecular flexibility index (Phi) is 11.3. The maximum atomic E-state index is 10.8. The Labute approximate surface area is 273 Å². The number of hydrogen-bond acceptors (Lipinski definition) is 10. The quantitative estimate of drug-likeness (QED) is 0.150. The fourth-order valence-electron chi connectivity index (χ4n) is 5.02. The van der Waals surface area contributed by atoms with Crippen LogP contribution in [0.5, 0.6) is 0 Å². The number of anilines is 2. The molecule has 6 N–H and O–H groups in total. The van der Waals surface area contributed by atoms with Gasteiger partial charge in [0.15, 0.2) is 11.6 Å². The fourth-order valence-corrected chi connectivity index (χ4v) is 5.02. The minimum atomic E-state index is 0. The maximum absolute atomic E-state index is 10.8. The van der Waals surface area contributed by atoms with E-state index in [1.807, 2.05) is 24.3 Å². The molecule has 14 nitrogen and oxygen atoms in total. The van der Waals surface area contributed by atoms with Gasteiger partial charge >= 0.3 is 0 Å². The molecule has 15 heteroatoms. The molecular weight excluding hydrogens is 744 g/mol. The van der Waals surface area contributed by atoms with Gasteiger partial charge in [-0.25, -0.2) is 19.9 Å². The van der Waals surface area contributed by atoms with Crippen molar-refractivity contribution in [3.8, 4) is 0 Å². The van der Waals surface area contributed by atoms with Crippen molar-refractivity contribution in [3.05, 3.63) is 49.3 Å². The van der Waals surface area contributed by atoms with Gasteiger partial charge in [0.1, 0.15) is 33.1 Å². The number of amides is 2. The van der Waals surface area contributed by atoms with Gasteiger partial charge in [0.25, 0.3) is 0 Å². The number of hydrogen-bond donors (Lipinski definition) is 4. The number of unbranched alkanes of at least 4 members (excludes halogenated alkanes) is 2. The third kappa shape index (κ3) is 7.87. The van der Waals surface area contributed by atoms with Crippen molar-refractivity contribution in [2.24, 2.45) is 0 Å². The number of nitrogens with two attached hydrogens (primary N) is 2. The standard InChI is InChI=1S/2C15H18N6O.W/c2*1-10(22)17-6-2-3-8-21-9-19-13-14(21)12-11(20-15(13)16)5-4-7-18-12;/h2*4-5,7,9H,2-3,6,8H2,1H3,(H2,16,20)(H,17,22);. The summed E-state index contributed by atoms with van der Waals surface area (Å²) in [4.78, 5) is 47.9. The van der Waals surface area contributed by atoms with Crippen LogP contribution in [0.25, 0.3) is 44.1 Å². The third-order valence-electron chi connectivity index (χ3n) is 7.06. The first-order chi connectivity index (χ1) is 21.3. The van der Waals surface area contributed by atoms with Crippen molar-refractivity contribution < 1.29 is 30.7 Å². The van der Waals surface area contributed by atoms with Crippen molar-refractivity contribution in [2.45, 2.75) is 52.6 Å². The molecule has 0 aliphatic carbocycles. The molecule has 234 valence electrons. The van der Waals surface area contributed by atoms with Gasteiger partial charge in [0.05, 0.1) is 23.7 Å². The fraction of sp³-hybridized carbons (Fsp3) is 0.333. The molecule has 0 aliphatic heterocycles. The van der Waals surface area contributed by atoms with E-state index >= 15 is 0 Å². The van der Waals surface area contributed by atoms with Crippen molar-refractivity contribution in [1.82, 2.24) is 49.7 Å². The number of fused-ring (bicyclic) bond motifs is 6. The smallest absolute Gasteiger partial charge is 0.216 e. The molecule has 0 saturated heterocycles. The zero-order chi connectivity index (χ0) is 31.1. The summed E-state index contributed by atoms with van der Waals surface area (Å²) in [7, 11) is 0. The largest absolute Gasteiger partial charge is 0.382 e. The number of aryl methyl sites for hydroxylation is 2. The van der Waals surface area contributed by atoms with Crippen LogP contribution < -0.4 is 22.1 Å². The molecule has 0 saturated carbocycles. The molecule has 0 atom stereocenters. The Hall–Kier alpha value is -4.71. The Morgan fingerprint density at radius 1 is 0.667 bits per heavy atom. The first-order valence-corrected chi connectivity index (χ1v) is 14.5. The number of carbonyl (C=O) groups is 2. The average Bonchev–Trinajstić information content (AvgIpc) is 3.63. The summed E-state index contributed by atoms with van der Waals surface area (Å²) in [6.07, 6.45) is 10.7. The molecular formula is C30H36N12O2W. The zero-order valence-corrected chi connectivity index (χ0v) is 28.2. The van der Waals surface area contributed by atoms with Gasteiger partial charge in [-0.1, -0.05) is 0 Å². The van der Waals surface area contributed by atoms with E-state index < -0.39 is 0 Å². The van der Waals surface area contributed by atoms with Crippen molar-refractivity contribution in [2.75, 3.05) is 24.6 Å². The van der Waals surface area contributed by atoms with Crippen LogP contribution in [0, 0.1) is 0 Å². The molecule has 45 heavy (non-hydrogen) atoms. The summed E-state index contributed by atoms with van der Waals surface area (Å²) in [5.41, 5.74) is 18.3. The summed E-state index contributed by atoms with van der Waals surface area (Å²) in [5.74, 6) is 0.851. The molecule has 0 fully saturated rings. The normalized spacial score (nSPS) is 10.9. The molecule has 0 aromatic carbocycles. The number of pyridine rings is 4. The van der Waals surface area contributed by atoms with Crippen molar-refractivity contribution >= 4 is 67.6 Å². The monoisotopic (exact) mass is 780 g/mol. The summed E-state index contributed by atoms with van der Waals surface area (Å²) in [6, 6.07) is 7.47. The maximum Gasteiger partial charge on any atom is 0.216 e. The number of aromatic nitrogens is 8. The van der Waals surface area contributed by atoms with E-state index in [4.69, 9.17) is 11.5 Å². The predicted octanol–water partition coefficient (Wildman–Crippen LogP) is 2.95. The zero-order valence-electron chi connectivity index (χ0n) is 25.2. The van der Waals surface area contributed by atoms with Crippen LogP contribution in [0.1, 0.15) is 39.5 Å². The van der Waals surface area contributed by atoms with Crippen LogP contribution >= 0.6 is 0 Å². The van der Waals surface area contributed by atoms with Crippen LogP contribution in [0.3, 0.4) is 0 Å². The number of imidazole rings is 2. The first-order valence-electron chi connectivity index (χ1n) is 14.5. The van der Waals surface area contributed by atoms with Gasteiger partial charge in [-0.15, -0.1) is 0 Å². The molecule has 2 amide bonds. The van der Waals surface area contributed by atoms with Crippen LogP contribution in [-0.4, -0.2) is 63.9 Å². The van der Waals surface area contributed by atoms with Gasteiger partial charge in [-0.2, -0.15) is 0 Å². The van der Waals surface area contributed by atoms with Crippen LogP contribution in [0.4, 0.5) is 11.6 Å². The Morgan fingerprint density at radius 3 is 1.49 bits per heavy atom. The first kappa shape index (κ1) is 33.2. The van der Waals surface area contributed by atoms with Crippen LogP contribution in [-0.2, 0) is 43.7 Å². The minimum absolute atomic E-state index is 0. The molecule has 6 aromatic rings. The predicted molar refractivity (Wildman–Crippen MR) is 170 cm³/mol. The number of nitrogen functional groups attached to an aromatic ring is 2. The van der Waals surface area contributed by atoms with E-state index in [1.54, 1.807) is 25.0 Å². The van der Waals surface area contributed by atoms with E-state index in [2.05, 4.69) is 49.7 Å². The van der Waals surface area contributed by atoms with Crippen molar-refractivity contribution in [3.63, 3.8) is 0 Å². The number of carbonyl (C=O) groups excluding carboxylic acids is 2. The number of nitrogens with one attached hydrogen (secondary N) is 2. The van der Waals surface area contributed by atoms with E-state index in [9.17, 15) is 9.59 Å². The Morgan fingerprint density at radius 2 is 1.09 bits per heavy atom. The molecule has 0 spiro atoms. The second kappa shape index (κ2) is 15.3. The van der Waals surface area contributed by atoms with Crippen LogP contribution in [0.15, 0.2) is 49.3 Å². The van der Waals surface area contributed by atoms with Gasteiger partial charge in [0, 0.05) is 73.5 Å². The summed E-state index contributed by atoms with van der Waals surface area (Å²) in [6.45, 7) is 6.01. The van der Waals surface area contributed by atoms with E-state index in [0.29, 0.717) is 35.8 Å². The van der Waals surface area contributed by atoms with E-state index in [-0.39, 0.29) is 32.9 Å². The van der Waals surface area contributed by atoms with Gasteiger partial charge < -0.3 is 31.2 Å². The number of nitrogens with zero attached hydrogens (tertiary/aromatic N) is 8. The molecule has 6 rings (SSSR count). The molecule has 0 aliphatic rings. The average molecular weight is 781 g/mol. The number of rotatable bonds is 10. The van der Waals surface area contributed by atoms with Gasteiger partial charge in [-0.05, 0) is 49.9 Å². The second-order valence-corrected chi connectivity index (χ2v) is 10.4. The molecule has 6 heterocycles. The third-order valence-corrected chi connectivity index (χ3v) is 7.06. The topological polar surface area (TPSA) is 197 Å².